The minimum Gasteiger partial charge on any atom is -0.383 e. The van der Waals surface area contributed by atoms with Gasteiger partial charge in [-0.3, -0.25) is 10.2 Å². The number of aromatic nitrogens is 2. The average Bonchev–Trinajstić information content (AvgIpc) is 3.45. The quantitative estimate of drug-likeness (QED) is 0.393. The van der Waals surface area contributed by atoms with Crippen molar-refractivity contribution in [2.24, 2.45) is 0 Å². The van der Waals surface area contributed by atoms with Crippen LogP contribution in [0.2, 0.25) is 0 Å². The molecule has 0 bridgehead atoms. The average molecular weight is 526 g/mol. The van der Waals surface area contributed by atoms with Crippen molar-refractivity contribution in [3.8, 4) is 5.69 Å². The number of methoxy groups -OCH3 is 1. The van der Waals surface area contributed by atoms with Gasteiger partial charge in [-0.05, 0) is 43.2 Å². The molecule has 1 aromatic heterocycles. The predicted molar refractivity (Wildman–Crippen MR) is 145 cm³/mol. The molecule has 1 saturated heterocycles. The molecule has 0 radical (unpaired) electrons. The van der Waals surface area contributed by atoms with Crippen molar-refractivity contribution < 1.29 is 18.3 Å². The zero-order valence-electron chi connectivity index (χ0n) is 22.7. The Hall–Kier alpha value is -3.30. The zero-order chi connectivity index (χ0) is 27.4. The largest absolute Gasteiger partial charge is 0.383 e. The van der Waals surface area contributed by atoms with Gasteiger partial charge in [0, 0.05) is 43.6 Å². The summed E-state index contributed by atoms with van der Waals surface area (Å²) in [5, 5.41) is 11.0. The molecule has 2 unspecified atom stereocenters. The number of hydrogen-bond donors (Lipinski definition) is 2. The topological polar surface area (TPSA) is 71.4 Å². The van der Waals surface area contributed by atoms with E-state index in [1.54, 1.807) is 17.9 Å². The summed E-state index contributed by atoms with van der Waals surface area (Å²) in [5.41, 5.74) is 3.13. The van der Waals surface area contributed by atoms with Gasteiger partial charge in [0.25, 0.3) is 0 Å². The summed E-state index contributed by atoms with van der Waals surface area (Å²) in [7, 11) is 1.64. The van der Waals surface area contributed by atoms with E-state index in [1.165, 1.54) is 6.07 Å². The summed E-state index contributed by atoms with van der Waals surface area (Å²) in [6.45, 7) is 10.7. The molecule has 0 saturated carbocycles. The Labute approximate surface area is 223 Å². The van der Waals surface area contributed by atoms with E-state index in [0.717, 1.165) is 29.4 Å². The third kappa shape index (κ3) is 5.89. The number of nitrogens with one attached hydrogen (secondary N) is 2. The first-order valence-corrected chi connectivity index (χ1v) is 13.0. The lowest BCUT2D eigenvalue weighted by atomic mass is 9.84. The third-order valence-electron chi connectivity index (χ3n) is 7.58. The number of carbonyl (C=O) groups is 1. The highest BCUT2D eigenvalue weighted by Crippen LogP contribution is 2.34. The lowest BCUT2D eigenvalue weighted by molar-refractivity contribution is 0.159. The molecule has 0 aliphatic carbocycles. The number of rotatable bonds is 9. The zero-order valence-corrected chi connectivity index (χ0v) is 22.7. The van der Waals surface area contributed by atoms with Crippen LogP contribution in [-0.2, 0) is 10.2 Å². The van der Waals surface area contributed by atoms with Crippen LogP contribution >= 0.6 is 0 Å². The van der Waals surface area contributed by atoms with Crippen molar-refractivity contribution >= 4 is 11.8 Å². The van der Waals surface area contributed by atoms with Crippen molar-refractivity contribution in [1.82, 2.24) is 20.0 Å². The van der Waals surface area contributed by atoms with Crippen LogP contribution in [0.1, 0.15) is 49.9 Å². The first-order valence-electron chi connectivity index (χ1n) is 13.0. The number of para-hydroxylation sites is 1. The molecule has 0 spiro atoms. The smallest absolute Gasteiger partial charge is 0.320 e. The first kappa shape index (κ1) is 27.7. The number of urea groups is 1. The van der Waals surface area contributed by atoms with Crippen molar-refractivity contribution in [3.05, 3.63) is 77.0 Å². The highest BCUT2D eigenvalue weighted by Gasteiger charge is 2.36. The second-order valence-corrected chi connectivity index (χ2v) is 10.5. The fourth-order valence-corrected chi connectivity index (χ4v) is 5.04. The summed E-state index contributed by atoms with van der Waals surface area (Å²) in [4.78, 5) is 15.6. The Morgan fingerprint density at radius 3 is 2.53 bits per heavy atom. The maximum absolute atomic E-state index is 14.1. The Balaban J connectivity index is 1.61. The molecule has 1 fully saturated rings. The lowest BCUT2D eigenvalue weighted by Crippen LogP contribution is -2.42. The Kier molecular flexibility index (Phi) is 8.47. The summed E-state index contributed by atoms with van der Waals surface area (Å²) >= 11 is 0. The van der Waals surface area contributed by atoms with Crippen LogP contribution < -0.4 is 10.6 Å². The minimum absolute atomic E-state index is 0.178. The van der Waals surface area contributed by atoms with E-state index in [1.807, 2.05) is 37.3 Å². The van der Waals surface area contributed by atoms with Crippen LogP contribution in [0.15, 0.2) is 48.5 Å². The lowest BCUT2D eigenvalue weighted by Gasteiger charge is -2.22. The van der Waals surface area contributed by atoms with Crippen molar-refractivity contribution in [2.45, 2.75) is 51.5 Å². The van der Waals surface area contributed by atoms with Crippen molar-refractivity contribution in [2.75, 3.05) is 38.7 Å². The van der Waals surface area contributed by atoms with E-state index < -0.39 is 11.6 Å². The summed E-state index contributed by atoms with van der Waals surface area (Å²) in [6.07, 6.45) is 0.889. The monoisotopic (exact) mass is 525 g/mol. The number of anilines is 1. The molecule has 9 heteroatoms. The van der Waals surface area contributed by atoms with Crippen LogP contribution in [0.3, 0.4) is 0 Å². The molecular formula is C29H37F2N5O2. The van der Waals surface area contributed by atoms with Gasteiger partial charge in [0.1, 0.15) is 5.82 Å². The standard InChI is InChI=1S/C29H37F2N5O2/c1-6-29(3,4)26-19(2)27(36(34-26)21-10-8-7-9-11-21)33-28(37)32-25-18-35(14-15-38-5)17-22(25)20-12-13-23(30)24(31)16-20/h7-13,16,22,25H,6,14-15,17-18H2,1-5H3,(H2,32,33,37). The van der Waals surface area contributed by atoms with Crippen LogP contribution in [0.4, 0.5) is 19.4 Å². The van der Waals surface area contributed by atoms with Crippen LogP contribution in [0.25, 0.3) is 5.69 Å². The SMILES string of the molecule is CCC(C)(C)c1nn(-c2ccccc2)c(NC(=O)NC2CN(CCOC)CC2c2ccc(F)c(F)c2)c1C. The van der Waals surface area contributed by atoms with E-state index in [-0.39, 0.29) is 23.4 Å². The Bertz CT molecular complexity index is 1260. The molecular weight excluding hydrogens is 488 g/mol. The molecule has 2 N–H and O–H groups in total. The fourth-order valence-electron chi connectivity index (χ4n) is 5.04. The number of carbonyl (C=O) groups excluding carboxylic acids is 1. The first-order chi connectivity index (χ1) is 18.1. The molecule has 204 valence electrons. The summed E-state index contributed by atoms with van der Waals surface area (Å²) in [6, 6.07) is 12.9. The molecule has 2 amide bonds. The Morgan fingerprint density at radius 1 is 1.13 bits per heavy atom. The molecule has 2 aromatic carbocycles. The maximum Gasteiger partial charge on any atom is 0.320 e. The maximum atomic E-state index is 14.1. The van der Waals surface area contributed by atoms with Gasteiger partial charge in [0.05, 0.1) is 24.0 Å². The molecule has 7 nitrogen and oxygen atoms in total. The molecule has 3 aromatic rings. The van der Waals surface area contributed by atoms with Gasteiger partial charge in [0.15, 0.2) is 11.6 Å². The number of nitrogens with zero attached hydrogens (tertiary/aromatic N) is 3. The van der Waals surface area contributed by atoms with Gasteiger partial charge < -0.3 is 10.1 Å². The number of ether oxygens (including phenoxy) is 1. The normalized spacial score (nSPS) is 18.1. The van der Waals surface area contributed by atoms with Crippen molar-refractivity contribution in [1.29, 1.82) is 0 Å². The fraction of sp³-hybridized carbons (Fsp3) is 0.448. The molecule has 1 aliphatic heterocycles. The van der Waals surface area contributed by atoms with Gasteiger partial charge in [-0.15, -0.1) is 0 Å². The Morgan fingerprint density at radius 2 is 1.87 bits per heavy atom. The summed E-state index contributed by atoms with van der Waals surface area (Å²) in [5.74, 6) is -1.39. The number of likely N-dealkylation sites (tertiary alicyclic amines) is 1. The highest BCUT2D eigenvalue weighted by molar-refractivity contribution is 5.90. The van der Waals surface area contributed by atoms with E-state index in [2.05, 4.69) is 36.3 Å². The number of benzene rings is 2. The third-order valence-corrected chi connectivity index (χ3v) is 7.58. The van der Waals surface area contributed by atoms with Gasteiger partial charge in [0.2, 0.25) is 0 Å². The van der Waals surface area contributed by atoms with E-state index >= 15 is 0 Å². The summed E-state index contributed by atoms with van der Waals surface area (Å²) < 4.78 is 34.7. The number of hydrogen-bond acceptors (Lipinski definition) is 4. The molecule has 38 heavy (non-hydrogen) atoms. The second kappa shape index (κ2) is 11.6. The molecule has 4 rings (SSSR count). The van der Waals surface area contributed by atoms with Crippen LogP contribution in [-0.4, -0.2) is 60.1 Å². The van der Waals surface area contributed by atoms with Crippen molar-refractivity contribution in [3.63, 3.8) is 0 Å². The van der Waals surface area contributed by atoms with Gasteiger partial charge in [-0.1, -0.05) is 45.0 Å². The van der Waals surface area contributed by atoms with Crippen LogP contribution in [0, 0.1) is 18.6 Å². The second-order valence-electron chi connectivity index (χ2n) is 10.5. The van der Waals surface area contributed by atoms with E-state index in [9.17, 15) is 13.6 Å². The van der Waals surface area contributed by atoms with E-state index in [0.29, 0.717) is 37.6 Å². The number of halogens is 2. The molecule has 2 heterocycles. The van der Waals surface area contributed by atoms with E-state index in [4.69, 9.17) is 9.84 Å². The van der Waals surface area contributed by atoms with Gasteiger partial charge >= 0.3 is 6.03 Å². The highest BCUT2D eigenvalue weighted by atomic mass is 19.2. The number of amides is 2. The predicted octanol–water partition coefficient (Wildman–Crippen LogP) is 5.38. The molecule has 2 atom stereocenters. The van der Waals surface area contributed by atoms with Gasteiger partial charge in [-0.2, -0.15) is 5.10 Å². The van der Waals surface area contributed by atoms with Gasteiger partial charge in [-0.25, -0.2) is 18.3 Å². The van der Waals surface area contributed by atoms with Crippen LogP contribution in [0.5, 0.6) is 0 Å². The minimum atomic E-state index is -0.894. The molecule has 1 aliphatic rings.